The van der Waals surface area contributed by atoms with E-state index in [1.807, 2.05) is 24.3 Å². The summed E-state index contributed by atoms with van der Waals surface area (Å²) in [6, 6.07) is 9.04. The number of nitrogens with one attached hydrogen (secondary N) is 1. The molecule has 0 bridgehead atoms. The number of rotatable bonds is 3. The van der Waals surface area contributed by atoms with E-state index in [4.69, 9.17) is 9.15 Å². The van der Waals surface area contributed by atoms with Crippen LogP contribution in [0.15, 0.2) is 50.5 Å². The number of aromatic nitrogens is 2. The number of benzene rings is 1. The van der Waals surface area contributed by atoms with Gasteiger partial charge in [-0.15, -0.1) is 0 Å². The highest BCUT2D eigenvalue weighted by Crippen LogP contribution is 2.13. The van der Waals surface area contributed by atoms with Crippen LogP contribution in [-0.4, -0.2) is 16.7 Å². The van der Waals surface area contributed by atoms with Crippen molar-refractivity contribution in [1.82, 2.24) is 9.55 Å². The fraction of sp³-hybridized carbons (Fsp3) is 0.143. The first kappa shape index (κ1) is 12.3. The van der Waals surface area contributed by atoms with E-state index in [9.17, 15) is 9.59 Å². The van der Waals surface area contributed by atoms with Gasteiger partial charge in [-0.05, 0) is 23.8 Å². The lowest BCUT2D eigenvalue weighted by atomic mass is 10.2. The van der Waals surface area contributed by atoms with Crippen LogP contribution in [0.3, 0.4) is 0 Å². The molecule has 0 atom stereocenters. The summed E-state index contributed by atoms with van der Waals surface area (Å²) in [5.41, 5.74) is 1.08. The van der Waals surface area contributed by atoms with Crippen LogP contribution in [0.1, 0.15) is 5.56 Å². The van der Waals surface area contributed by atoms with Gasteiger partial charge in [0.2, 0.25) is 0 Å². The van der Waals surface area contributed by atoms with Crippen LogP contribution < -0.4 is 16.1 Å². The molecule has 0 aliphatic carbocycles. The Hall–Kier alpha value is -2.76. The quantitative estimate of drug-likeness (QED) is 0.780. The third kappa shape index (κ3) is 2.11. The van der Waals surface area contributed by atoms with Gasteiger partial charge in [0.15, 0.2) is 11.1 Å². The lowest BCUT2D eigenvalue weighted by Crippen LogP contribution is -2.20. The number of ether oxygens (including phenoxy) is 1. The number of H-pyrrole nitrogens is 1. The molecule has 6 heteroatoms. The van der Waals surface area contributed by atoms with Gasteiger partial charge in [-0.1, -0.05) is 12.1 Å². The maximum atomic E-state index is 12.2. The normalized spacial score (nSPS) is 10.8. The topological polar surface area (TPSA) is 77.2 Å². The van der Waals surface area contributed by atoms with Crippen molar-refractivity contribution in [2.24, 2.45) is 0 Å². The predicted octanol–water partition coefficient (Wildman–Crippen LogP) is 1.34. The summed E-state index contributed by atoms with van der Waals surface area (Å²) in [4.78, 5) is 25.7. The number of aromatic amines is 1. The molecule has 2 aromatic heterocycles. The SMILES string of the molecule is COc1cccc(Cn2ccc3oc(=O)[nH]c3c2=O)c1. The molecule has 1 N–H and O–H groups in total. The average molecular weight is 272 g/mol. The smallest absolute Gasteiger partial charge is 0.417 e. The van der Waals surface area contributed by atoms with Crippen LogP contribution in [0, 0.1) is 0 Å². The minimum atomic E-state index is -0.628. The first-order valence-corrected chi connectivity index (χ1v) is 6.02. The number of pyridine rings is 1. The summed E-state index contributed by atoms with van der Waals surface area (Å²) in [5.74, 6) is 0.101. The Kier molecular flexibility index (Phi) is 2.90. The van der Waals surface area contributed by atoms with E-state index in [0.717, 1.165) is 11.3 Å². The number of nitrogens with zero attached hydrogens (tertiary/aromatic N) is 1. The number of hydrogen-bond acceptors (Lipinski definition) is 4. The number of oxazole rings is 1. The van der Waals surface area contributed by atoms with Gasteiger partial charge >= 0.3 is 5.76 Å². The fourth-order valence-electron chi connectivity index (χ4n) is 2.08. The van der Waals surface area contributed by atoms with E-state index >= 15 is 0 Å². The molecule has 0 saturated heterocycles. The Morgan fingerprint density at radius 3 is 2.95 bits per heavy atom. The van der Waals surface area contributed by atoms with E-state index in [1.54, 1.807) is 19.4 Å². The molecule has 20 heavy (non-hydrogen) atoms. The van der Waals surface area contributed by atoms with Crippen molar-refractivity contribution in [2.75, 3.05) is 7.11 Å². The highest BCUT2D eigenvalue weighted by atomic mass is 16.5. The molecule has 0 fully saturated rings. The molecule has 0 unspecified atom stereocenters. The zero-order chi connectivity index (χ0) is 14.1. The van der Waals surface area contributed by atoms with Gasteiger partial charge in [0.1, 0.15) is 5.75 Å². The highest BCUT2D eigenvalue weighted by molar-refractivity contribution is 5.70. The molecule has 0 aliphatic rings. The average Bonchev–Trinajstić information content (AvgIpc) is 2.84. The van der Waals surface area contributed by atoms with E-state index in [2.05, 4.69) is 4.98 Å². The zero-order valence-electron chi connectivity index (χ0n) is 10.8. The molecule has 0 amide bonds. The summed E-state index contributed by atoms with van der Waals surface area (Å²) in [6.07, 6.45) is 1.60. The van der Waals surface area contributed by atoms with Crippen molar-refractivity contribution >= 4 is 11.1 Å². The van der Waals surface area contributed by atoms with E-state index < -0.39 is 5.76 Å². The Labute approximate surface area is 113 Å². The molecule has 0 radical (unpaired) electrons. The molecule has 2 heterocycles. The van der Waals surface area contributed by atoms with Crippen LogP contribution in [0.2, 0.25) is 0 Å². The van der Waals surface area contributed by atoms with Crippen LogP contribution >= 0.6 is 0 Å². The Balaban J connectivity index is 2.04. The molecule has 1 aromatic carbocycles. The van der Waals surface area contributed by atoms with Crippen molar-refractivity contribution in [3.63, 3.8) is 0 Å². The van der Waals surface area contributed by atoms with Crippen molar-refractivity contribution in [3.8, 4) is 5.75 Å². The van der Waals surface area contributed by atoms with Crippen molar-refractivity contribution in [1.29, 1.82) is 0 Å². The number of hydrogen-bond donors (Lipinski definition) is 1. The van der Waals surface area contributed by atoms with E-state index in [0.29, 0.717) is 6.54 Å². The monoisotopic (exact) mass is 272 g/mol. The maximum Gasteiger partial charge on any atom is 0.417 e. The second kappa shape index (κ2) is 4.73. The highest BCUT2D eigenvalue weighted by Gasteiger charge is 2.08. The zero-order valence-corrected chi connectivity index (χ0v) is 10.8. The van der Waals surface area contributed by atoms with Crippen molar-refractivity contribution in [3.05, 3.63) is 63.0 Å². The van der Waals surface area contributed by atoms with Gasteiger partial charge in [0, 0.05) is 6.20 Å². The lowest BCUT2D eigenvalue weighted by Gasteiger charge is -2.07. The van der Waals surface area contributed by atoms with Gasteiger partial charge in [-0.3, -0.25) is 9.78 Å². The minimum absolute atomic E-state index is 0.181. The molecule has 6 nitrogen and oxygen atoms in total. The first-order chi connectivity index (χ1) is 9.67. The van der Waals surface area contributed by atoms with Crippen LogP contribution in [-0.2, 0) is 6.54 Å². The van der Waals surface area contributed by atoms with Crippen molar-refractivity contribution in [2.45, 2.75) is 6.54 Å². The summed E-state index contributed by atoms with van der Waals surface area (Å²) in [5, 5.41) is 0. The second-order valence-electron chi connectivity index (χ2n) is 4.35. The Morgan fingerprint density at radius 1 is 1.30 bits per heavy atom. The van der Waals surface area contributed by atoms with E-state index in [1.165, 1.54) is 4.57 Å². The molecule has 0 aliphatic heterocycles. The van der Waals surface area contributed by atoms with Gasteiger partial charge in [0.05, 0.1) is 13.7 Å². The van der Waals surface area contributed by atoms with Crippen molar-refractivity contribution < 1.29 is 9.15 Å². The lowest BCUT2D eigenvalue weighted by molar-refractivity contribution is 0.414. The Morgan fingerprint density at radius 2 is 2.15 bits per heavy atom. The van der Waals surface area contributed by atoms with Gasteiger partial charge in [0.25, 0.3) is 5.56 Å². The maximum absolute atomic E-state index is 12.2. The van der Waals surface area contributed by atoms with E-state index in [-0.39, 0.29) is 16.7 Å². The molecule has 3 rings (SSSR count). The molecule has 102 valence electrons. The minimum Gasteiger partial charge on any atom is -0.497 e. The molecule has 0 saturated carbocycles. The molecular weight excluding hydrogens is 260 g/mol. The van der Waals surface area contributed by atoms with Gasteiger partial charge in [-0.25, -0.2) is 4.79 Å². The molecular formula is C14H12N2O4. The molecule has 3 aromatic rings. The summed E-state index contributed by atoms with van der Waals surface area (Å²) >= 11 is 0. The number of methoxy groups -OCH3 is 1. The Bertz CT molecular complexity index is 873. The third-order valence-corrected chi connectivity index (χ3v) is 3.04. The summed E-state index contributed by atoms with van der Waals surface area (Å²) in [6.45, 7) is 0.388. The first-order valence-electron chi connectivity index (χ1n) is 6.02. The summed E-state index contributed by atoms with van der Waals surface area (Å²) < 4.78 is 11.5. The summed E-state index contributed by atoms with van der Waals surface area (Å²) in [7, 11) is 1.59. The predicted molar refractivity (Wildman–Crippen MR) is 73.2 cm³/mol. The fourth-order valence-corrected chi connectivity index (χ4v) is 2.08. The van der Waals surface area contributed by atoms with Gasteiger partial charge < -0.3 is 13.7 Å². The molecule has 0 spiro atoms. The van der Waals surface area contributed by atoms with Crippen LogP contribution in [0.4, 0.5) is 0 Å². The van der Waals surface area contributed by atoms with Crippen LogP contribution in [0.25, 0.3) is 11.1 Å². The standard InChI is InChI=1S/C14H12N2O4/c1-19-10-4-2-3-9(7-10)8-16-6-5-11-12(13(16)17)15-14(18)20-11/h2-7H,8H2,1H3,(H,15,18). The van der Waals surface area contributed by atoms with Crippen LogP contribution in [0.5, 0.6) is 5.75 Å². The second-order valence-corrected chi connectivity index (χ2v) is 4.35. The third-order valence-electron chi connectivity index (χ3n) is 3.04. The largest absolute Gasteiger partial charge is 0.497 e. The van der Waals surface area contributed by atoms with Gasteiger partial charge in [-0.2, -0.15) is 0 Å². The number of fused-ring (bicyclic) bond motifs is 1.